The number of anilines is 2. The molecule has 2 aromatic heterocycles. The molecule has 0 unspecified atom stereocenters. The van der Waals surface area contributed by atoms with Crippen molar-refractivity contribution >= 4 is 45.8 Å². The van der Waals surface area contributed by atoms with Crippen molar-refractivity contribution in [3.63, 3.8) is 0 Å². The second-order valence-corrected chi connectivity index (χ2v) is 8.01. The topological polar surface area (TPSA) is 102 Å². The molecule has 3 heterocycles. The standard InChI is InChI=1S/C19H18FIN8O/c1-11-6-7-29(19-25-27-28(2)26-19)10-12(11)15-8-23-16(9-22-15)24-18(30)17-13(20)4-3-5-14(17)21/h3-5,8-9H,6-7,10H2,1-2H3,(H,23,24,30). The molecule has 9 nitrogen and oxygen atoms in total. The molecule has 1 aliphatic heterocycles. The molecule has 154 valence electrons. The van der Waals surface area contributed by atoms with Crippen LogP contribution in [0.15, 0.2) is 36.2 Å². The number of carbonyl (C=O) groups is 1. The molecular weight excluding hydrogens is 502 g/mol. The Morgan fingerprint density at radius 3 is 2.77 bits per heavy atom. The molecule has 30 heavy (non-hydrogen) atoms. The maximum Gasteiger partial charge on any atom is 0.266 e. The Bertz CT molecular complexity index is 1110. The number of rotatable bonds is 4. The summed E-state index contributed by atoms with van der Waals surface area (Å²) in [4.78, 5) is 24.6. The van der Waals surface area contributed by atoms with Crippen LogP contribution in [0.25, 0.3) is 5.57 Å². The highest BCUT2D eigenvalue weighted by Crippen LogP contribution is 2.27. The Labute approximate surface area is 185 Å². The van der Waals surface area contributed by atoms with E-state index in [0.29, 0.717) is 21.8 Å². The first-order valence-corrected chi connectivity index (χ1v) is 10.3. The van der Waals surface area contributed by atoms with Gasteiger partial charge in [-0.1, -0.05) is 16.7 Å². The molecule has 1 aromatic carbocycles. The second-order valence-electron chi connectivity index (χ2n) is 6.85. The van der Waals surface area contributed by atoms with Crippen LogP contribution in [0.1, 0.15) is 29.4 Å². The Morgan fingerprint density at radius 1 is 1.27 bits per heavy atom. The molecule has 0 spiro atoms. The quantitative estimate of drug-likeness (QED) is 0.528. The molecule has 0 saturated carbocycles. The monoisotopic (exact) mass is 520 g/mol. The molecular formula is C19H18FIN8O. The number of amides is 1. The van der Waals surface area contributed by atoms with Crippen molar-refractivity contribution in [2.24, 2.45) is 7.05 Å². The van der Waals surface area contributed by atoms with Gasteiger partial charge in [0.2, 0.25) is 0 Å². The van der Waals surface area contributed by atoms with Crippen LogP contribution in [0.2, 0.25) is 0 Å². The van der Waals surface area contributed by atoms with Crippen molar-refractivity contribution in [2.45, 2.75) is 13.3 Å². The third kappa shape index (κ3) is 4.15. The van der Waals surface area contributed by atoms with E-state index in [2.05, 4.69) is 37.6 Å². The van der Waals surface area contributed by atoms with Gasteiger partial charge in [-0.25, -0.2) is 9.37 Å². The minimum atomic E-state index is -0.579. The number of halogens is 2. The molecule has 0 bridgehead atoms. The lowest BCUT2D eigenvalue weighted by atomic mass is 9.99. The van der Waals surface area contributed by atoms with Gasteiger partial charge in [-0.2, -0.15) is 4.80 Å². The Kier molecular flexibility index (Phi) is 5.70. The van der Waals surface area contributed by atoms with E-state index in [1.54, 1.807) is 25.4 Å². The van der Waals surface area contributed by atoms with Crippen molar-refractivity contribution in [1.29, 1.82) is 0 Å². The van der Waals surface area contributed by atoms with Crippen molar-refractivity contribution in [3.8, 4) is 0 Å². The predicted molar refractivity (Wildman–Crippen MR) is 117 cm³/mol. The fraction of sp³-hybridized carbons (Fsp3) is 0.263. The normalized spacial score (nSPS) is 14.2. The van der Waals surface area contributed by atoms with Gasteiger partial charge in [0.15, 0.2) is 5.82 Å². The van der Waals surface area contributed by atoms with Gasteiger partial charge >= 0.3 is 0 Å². The van der Waals surface area contributed by atoms with E-state index in [0.717, 1.165) is 18.5 Å². The molecule has 0 radical (unpaired) electrons. The van der Waals surface area contributed by atoms with Crippen LogP contribution in [-0.4, -0.2) is 49.2 Å². The molecule has 0 aliphatic carbocycles. The van der Waals surface area contributed by atoms with Crippen LogP contribution >= 0.6 is 22.6 Å². The van der Waals surface area contributed by atoms with Gasteiger partial charge in [0.25, 0.3) is 11.9 Å². The smallest absolute Gasteiger partial charge is 0.266 e. The van der Waals surface area contributed by atoms with Crippen molar-refractivity contribution in [2.75, 3.05) is 23.3 Å². The van der Waals surface area contributed by atoms with E-state index in [-0.39, 0.29) is 11.4 Å². The fourth-order valence-electron chi connectivity index (χ4n) is 3.17. The predicted octanol–water partition coefficient (Wildman–Crippen LogP) is 2.68. The molecule has 3 aromatic rings. The van der Waals surface area contributed by atoms with E-state index in [4.69, 9.17) is 0 Å². The second kappa shape index (κ2) is 8.42. The third-order valence-electron chi connectivity index (χ3n) is 4.79. The average Bonchev–Trinajstić information content (AvgIpc) is 3.15. The van der Waals surface area contributed by atoms with Gasteiger partial charge in [-0.3, -0.25) is 9.78 Å². The summed E-state index contributed by atoms with van der Waals surface area (Å²) in [5.74, 6) is -0.319. The van der Waals surface area contributed by atoms with Crippen LogP contribution in [0.5, 0.6) is 0 Å². The molecule has 11 heteroatoms. The number of nitrogens with zero attached hydrogens (tertiary/aromatic N) is 7. The molecule has 1 N–H and O–H groups in total. The van der Waals surface area contributed by atoms with Crippen molar-refractivity contribution in [3.05, 3.63) is 56.8 Å². The molecule has 1 amide bonds. The van der Waals surface area contributed by atoms with E-state index in [1.807, 2.05) is 27.5 Å². The van der Waals surface area contributed by atoms with Crippen molar-refractivity contribution in [1.82, 2.24) is 30.2 Å². The summed E-state index contributed by atoms with van der Waals surface area (Å²) >= 11 is 1.93. The van der Waals surface area contributed by atoms with Gasteiger partial charge in [0, 0.05) is 16.7 Å². The zero-order valence-corrected chi connectivity index (χ0v) is 18.5. The summed E-state index contributed by atoms with van der Waals surface area (Å²) in [6, 6.07) is 4.48. The molecule has 0 saturated heterocycles. The summed E-state index contributed by atoms with van der Waals surface area (Å²) < 4.78 is 14.5. The maximum atomic E-state index is 14.0. The first kappa shape index (κ1) is 20.3. The number of aromatic nitrogens is 6. The number of aryl methyl sites for hydroxylation is 1. The maximum absolute atomic E-state index is 14.0. The number of nitrogens with one attached hydrogen (secondary N) is 1. The number of hydrogen-bond acceptors (Lipinski definition) is 7. The molecule has 1 aliphatic rings. The summed E-state index contributed by atoms with van der Waals surface area (Å²) in [6.45, 7) is 3.45. The highest BCUT2D eigenvalue weighted by Gasteiger charge is 2.22. The largest absolute Gasteiger partial charge is 0.333 e. The lowest BCUT2D eigenvalue weighted by Gasteiger charge is -2.28. The van der Waals surface area contributed by atoms with Crippen LogP contribution in [0.4, 0.5) is 16.2 Å². The van der Waals surface area contributed by atoms with Crippen LogP contribution in [0, 0.1) is 9.39 Å². The lowest BCUT2D eigenvalue weighted by Crippen LogP contribution is -2.32. The summed E-state index contributed by atoms with van der Waals surface area (Å²) in [7, 11) is 1.73. The SMILES string of the molecule is CC1=C(c2cnc(NC(=O)c3c(F)cccc3I)cn2)CN(c2nnn(C)n2)CC1. The van der Waals surface area contributed by atoms with Crippen LogP contribution < -0.4 is 10.2 Å². The van der Waals surface area contributed by atoms with Gasteiger partial charge in [-0.05, 0) is 58.9 Å². The molecule has 4 rings (SSSR count). The number of hydrogen-bond donors (Lipinski definition) is 1. The number of tetrazole rings is 1. The number of benzene rings is 1. The zero-order chi connectivity index (χ0) is 21.3. The number of carbonyl (C=O) groups excluding carboxylic acids is 1. The minimum Gasteiger partial charge on any atom is -0.333 e. The molecule has 0 atom stereocenters. The van der Waals surface area contributed by atoms with E-state index < -0.39 is 11.7 Å². The van der Waals surface area contributed by atoms with Crippen LogP contribution in [0.3, 0.4) is 0 Å². The highest BCUT2D eigenvalue weighted by atomic mass is 127. The summed E-state index contributed by atoms with van der Waals surface area (Å²) in [5, 5.41) is 14.8. The Morgan fingerprint density at radius 2 is 2.10 bits per heavy atom. The first-order chi connectivity index (χ1) is 14.4. The average molecular weight is 520 g/mol. The fourth-order valence-corrected chi connectivity index (χ4v) is 3.88. The van der Waals surface area contributed by atoms with E-state index >= 15 is 0 Å². The van der Waals surface area contributed by atoms with E-state index in [9.17, 15) is 9.18 Å². The lowest BCUT2D eigenvalue weighted by molar-refractivity contribution is 0.102. The van der Waals surface area contributed by atoms with Gasteiger partial charge in [0.05, 0.1) is 30.7 Å². The zero-order valence-electron chi connectivity index (χ0n) is 16.3. The summed E-state index contributed by atoms with van der Waals surface area (Å²) in [6.07, 6.45) is 3.93. The van der Waals surface area contributed by atoms with Gasteiger partial charge in [-0.15, -0.1) is 5.10 Å². The van der Waals surface area contributed by atoms with Gasteiger partial charge in [0.1, 0.15) is 5.82 Å². The Hall–Kier alpha value is -2.96. The van der Waals surface area contributed by atoms with Gasteiger partial charge < -0.3 is 10.2 Å². The summed E-state index contributed by atoms with van der Waals surface area (Å²) in [5.41, 5.74) is 2.94. The minimum absolute atomic E-state index is 0.0121. The van der Waals surface area contributed by atoms with Crippen molar-refractivity contribution < 1.29 is 9.18 Å². The van der Waals surface area contributed by atoms with Crippen LogP contribution in [-0.2, 0) is 7.05 Å². The third-order valence-corrected chi connectivity index (χ3v) is 5.69. The molecule has 0 fully saturated rings. The highest BCUT2D eigenvalue weighted by molar-refractivity contribution is 14.1. The van der Waals surface area contributed by atoms with E-state index in [1.165, 1.54) is 22.6 Å². The Balaban J connectivity index is 1.51. The first-order valence-electron chi connectivity index (χ1n) is 9.17.